The fourth-order valence-corrected chi connectivity index (χ4v) is 3.50. The van der Waals surface area contributed by atoms with Crippen LogP contribution in [0.4, 0.5) is 0 Å². The van der Waals surface area contributed by atoms with Gasteiger partial charge in [0.1, 0.15) is 0 Å². The lowest BCUT2D eigenvalue weighted by molar-refractivity contribution is -0.137. The van der Waals surface area contributed by atoms with Crippen molar-refractivity contribution in [3.05, 3.63) is 71.8 Å². The van der Waals surface area contributed by atoms with Crippen molar-refractivity contribution < 1.29 is 14.7 Å². The van der Waals surface area contributed by atoms with Gasteiger partial charge in [-0.05, 0) is 24.1 Å². The molecule has 0 unspecified atom stereocenters. The molecule has 136 valence electrons. The predicted octanol–water partition coefficient (Wildman–Crippen LogP) is 3.05. The second kappa shape index (κ2) is 8.63. The van der Waals surface area contributed by atoms with Gasteiger partial charge in [0, 0.05) is 44.2 Å². The number of piperazine rings is 1. The Balaban J connectivity index is 1.65. The Morgan fingerprint density at radius 2 is 1.46 bits per heavy atom. The largest absolute Gasteiger partial charge is 0.481 e. The highest BCUT2D eigenvalue weighted by Gasteiger charge is 2.27. The van der Waals surface area contributed by atoms with Gasteiger partial charge in [0.25, 0.3) is 5.91 Å². The fraction of sp³-hybridized carbons (Fsp3) is 0.333. The molecule has 3 rings (SSSR count). The molecule has 1 amide bonds. The number of amides is 1. The molecule has 0 radical (unpaired) electrons. The third-order valence-electron chi connectivity index (χ3n) is 4.88. The fourth-order valence-electron chi connectivity index (χ4n) is 3.50. The van der Waals surface area contributed by atoms with E-state index in [2.05, 4.69) is 4.90 Å². The lowest BCUT2D eigenvalue weighted by Crippen LogP contribution is -2.49. The van der Waals surface area contributed by atoms with Gasteiger partial charge in [-0.15, -0.1) is 0 Å². The smallest absolute Gasteiger partial charge is 0.303 e. The summed E-state index contributed by atoms with van der Waals surface area (Å²) in [6.07, 6.45) is 0.717. The third-order valence-corrected chi connectivity index (χ3v) is 4.88. The van der Waals surface area contributed by atoms with Crippen molar-refractivity contribution in [3.63, 3.8) is 0 Å². The number of aliphatic carboxylic acids is 1. The van der Waals surface area contributed by atoms with E-state index in [4.69, 9.17) is 5.11 Å². The highest BCUT2D eigenvalue weighted by molar-refractivity contribution is 5.94. The Morgan fingerprint density at radius 3 is 2.04 bits per heavy atom. The second-order valence-corrected chi connectivity index (χ2v) is 6.55. The maximum atomic E-state index is 12.6. The molecule has 0 aromatic heterocycles. The number of nitrogens with zero attached hydrogens (tertiary/aromatic N) is 2. The van der Waals surface area contributed by atoms with E-state index in [1.807, 2.05) is 65.6 Å². The van der Waals surface area contributed by atoms with Gasteiger partial charge in [-0.3, -0.25) is 14.5 Å². The molecule has 0 bridgehead atoms. The average molecular weight is 352 g/mol. The maximum Gasteiger partial charge on any atom is 0.303 e. The summed E-state index contributed by atoms with van der Waals surface area (Å²) >= 11 is 0. The monoisotopic (exact) mass is 352 g/mol. The van der Waals surface area contributed by atoms with Crippen LogP contribution in [-0.4, -0.2) is 53.0 Å². The van der Waals surface area contributed by atoms with Crippen LogP contribution < -0.4 is 0 Å². The van der Waals surface area contributed by atoms with Gasteiger partial charge in [0.2, 0.25) is 0 Å². The standard InChI is InChI=1S/C21H24N2O3/c24-20(25)12-11-19(17-7-3-1-4-8-17)22-13-15-23(16-14-22)21(26)18-9-5-2-6-10-18/h1-10,19H,11-16H2,(H,24,25)/t19-/m1/s1. The number of carboxylic acid groups (broad SMARTS) is 1. The van der Waals surface area contributed by atoms with Gasteiger partial charge >= 0.3 is 5.97 Å². The molecule has 5 heteroatoms. The van der Waals surface area contributed by atoms with Gasteiger partial charge in [-0.2, -0.15) is 0 Å². The van der Waals surface area contributed by atoms with Crippen LogP contribution in [0.25, 0.3) is 0 Å². The molecule has 1 aliphatic heterocycles. The SMILES string of the molecule is O=C(O)CC[C@H](c1ccccc1)N1CCN(C(=O)c2ccccc2)CC1. The van der Waals surface area contributed by atoms with Crippen molar-refractivity contribution in [2.75, 3.05) is 26.2 Å². The summed E-state index contributed by atoms with van der Waals surface area (Å²) in [4.78, 5) is 27.8. The molecule has 0 spiro atoms. The van der Waals surface area contributed by atoms with Crippen molar-refractivity contribution in [3.8, 4) is 0 Å². The molecule has 1 N–H and O–H groups in total. The predicted molar refractivity (Wildman–Crippen MR) is 100.0 cm³/mol. The minimum Gasteiger partial charge on any atom is -0.481 e. The van der Waals surface area contributed by atoms with E-state index in [1.165, 1.54) is 0 Å². The molecular weight excluding hydrogens is 328 g/mol. The second-order valence-electron chi connectivity index (χ2n) is 6.55. The Morgan fingerprint density at radius 1 is 0.885 bits per heavy atom. The number of benzene rings is 2. The first-order chi connectivity index (χ1) is 12.6. The Labute approximate surface area is 153 Å². The normalized spacial score (nSPS) is 16.2. The molecule has 2 aromatic carbocycles. The van der Waals surface area contributed by atoms with Crippen LogP contribution in [-0.2, 0) is 4.79 Å². The minimum atomic E-state index is -0.774. The minimum absolute atomic E-state index is 0.0621. The first-order valence-corrected chi connectivity index (χ1v) is 9.00. The first kappa shape index (κ1) is 18.1. The van der Waals surface area contributed by atoms with Gasteiger partial charge in [0.15, 0.2) is 0 Å². The number of hydrogen-bond acceptors (Lipinski definition) is 3. The molecule has 1 fully saturated rings. The van der Waals surface area contributed by atoms with Gasteiger partial charge in [-0.25, -0.2) is 0 Å². The molecule has 26 heavy (non-hydrogen) atoms. The molecular formula is C21H24N2O3. The molecule has 1 heterocycles. The number of carbonyl (C=O) groups excluding carboxylic acids is 1. The van der Waals surface area contributed by atoms with E-state index >= 15 is 0 Å². The molecule has 2 aromatic rings. The lowest BCUT2D eigenvalue weighted by atomic mass is 9.99. The Kier molecular flexibility index (Phi) is 6.02. The molecule has 1 atom stereocenters. The van der Waals surface area contributed by atoms with Gasteiger partial charge in [-0.1, -0.05) is 48.5 Å². The van der Waals surface area contributed by atoms with E-state index < -0.39 is 5.97 Å². The van der Waals surface area contributed by atoms with E-state index in [0.29, 0.717) is 25.1 Å². The summed E-state index contributed by atoms with van der Waals surface area (Å²) in [5, 5.41) is 9.08. The Hall–Kier alpha value is -2.66. The number of hydrogen-bond donors (Lipinski definition) is 1. The molecule has 1 saturated heterocycles. The quantitative estimate of drug-likeness (QED) is 0.868. The molecule has 1 aliphatic rings. The van der Waals surface area contributed by atoms with Crippen LogP contribution in [0.1, 0.15) is 34.8 Å². The zero-order chi connectivity index (χ0) is 18.4. The van der Waals surface area contributed by atoms with Crippen LogP contribution in [0.2, 0.25) is 0 Å². The number of carbonyl (C=O) groups is 2. The van der Waals surface area contributed by atoms with Crippen LogP contribution in [0.15, 0.2) is 60.7 Å². The van der Waals surface area contributed by atoms with Crippen molar-refractivity contribution in [1.82, 2.24) is 9.80 Å². The lowest BCUT2D eigenvalue weighted by Gasteiger charge is -2.39. The molecule has 5 nitrogen and oxygen atoms in total. The topological polar surface area (TPSA) is 60.9 Å². The molecule has 0 saturated carbocycles. The van der Waals surface area contributed by atoms with Crippen molar-refractivity contribution in [2.24, 2.45) is 0 Å². The van der Waals surface area contributed by atoms with Crippen molar-refractivity contribution in [1.29, 1.82) is 0 Å². The van der Waals surface area contributed by atoms with Gasteiger partial charge < -0.3 is 10.0 Å². The molecule has 0 aliphatic carbocycles. The van der Waals surface area contributed by atoms with E-state index in [9.17, 15) is 9.59 Å². The highest BCUT2D eigenvalue weighted by Crippen LogP contribution is 2.27. The zero-order valence-electron chi connectivity index (χ0n) is 14.8. The summed E-state index contributed by atoms with van der Waals surface area (Å²) in [5.41, 5.74) is 1.85. The van der Waals surface area contributed by atoms with Gasteiger partial charge in [0.05, 0.1) is 0 Å². The highest BCUT2D eigenvalue weighted by atomic mass is 16.4. The van der Waals surface area contributed by atoms with E-state index in [0.717, 1.165) is 18.7 Å². The average Bonchev–Trinajstić information content (AvgIpc) is 2.69. The summed E-state index contributed by atoms with van der Waals surface area (Å²) < 4.78 is 0. The van der Waals surface area contributed by atoms with Crippen LogP contribution in [0, 0.1) is 0 Å². The summed E-state index contributed by atoms with van der Waals surface area (Å²) in [5.74, 6) is -0.712. The third kappa shape index (κ3) is 4.49. The van der Waals surface area contributed by atoms with Crippen LogP contribution in [0.5, 0.6) is 0 Å². The Bertz CT molecular complexity index is 725. The van der Waals surface area contributed by atoms with Crippen LogP contribution >= 0.6 is 0 Å². The summed E-state index contributed by atoms with van der Waals surface area (Å²) in [6.45, 7) is 2.81. The summed E-state index contributed by atoms with van der Waals surface area (Å²) in [6, 6.07) is 19.4. The zero-order valence-corrected chi connectivity index (χ0v) is 14.8. The van der Waals surface area contributed by atoms with Crippen molar-refractivity contribution >= 4 is 11.9 Å². The first-order valence-electron chi connectivity index (χ1n) is 9.00. The summed E-state index contributed by atoms with van der Waals surface area (Å²) in [7, 11) is 0. The number of rotatable bonds is 6. The number of carboxylic acids is 1. The van der Waals surface area contributed by atoms with Crippen molar-refractivity contribution in [2.45, 2.75) is 18.9 Å². The van der Waals surface area contributed by atoms with E-state index in [1.54, 1.807) is 0 Å². The van der Waals surface area contributed by atoms with E-state index in [-0.39, 0.29) is 18.4 Å². The van der Waals surface area contributed by atoms with Crippen LogP contribution in [0.3, 0.4) is 0 Å². The maximum absolute atomic E-state index is 12.6.